The van der Waals surface area contributed by atoms with Crippen LogP contribution in [-0.2, 0) is 12.4 Å². The van der Waals surface area contributed by atoms with Crippen molar-refractivity contribution in [1.29, 1.82) is 26.3 Å². The molecule has 3 aromatic rings. The van der Waals surface area contributed by atoms with E-state index in [2.05, 4.69) is 0 Å². The van der Waals surface area contributed by atoms with Crippen molar-refractivity contribution in [2.45, 2.75) is 12.4 Å². The SMILES string of the molecule is N#CC(=C1C(=C(C#N)c2c(F)c(F)c(C#N)c(F)c2F)C1=C(C#N)c1c(F)c(F)c(C#N)c(F)c1F)c1cc(C(F)(F)F)cc(C(F)(F)F)c1. The molecule has 1 aliphatic rings. The molecule has 50 heavy (non-hydrogen) atoms. The van der Waals surface area contributed by atoms with E-state index in [-0.39, 0.29) is 12.1 Å². The van der Waals surface area contributed by atoms with Gasteiger partial charge in [-0.2, -0.15) is 52.7 Å². The Morgan fingerprint density at radius 3 is 0.940 bits per heavy atom. The fraction of sp³-hybridized carbons (Fsp3) is 0.0645. The zero-order valence-corrected chi connectivity index (χ0v) is 23.3. The molecule has 0 amide bonds. The Morgan fingerprint density at radius 1 is 0.420 bits per heavy atom. The zero-order chi connectivity index (χ0) is 37.8. The van der Waals surface area contributed by atoms with Crippen molar-refractivity contribution in [3.63, 3.8) is 0 Å². The van der Waals surface area contributed by atoms with E-state index in [4.69, 9.17) is 10.5 Å². The van der Waals surface area contributed by atoms with Gasteiger partial charge in [-0.1, -0.05) is 0 Å². The minimum Gasteiger partial charge on any atom is -0.203 e. The van der Waals surface area contributed by atoms with Crippen LogP contribution in [0.15, 0.2) is 34.9 Å². The molecule has 0 saturated heterocycles. The molecule has 3 aromatic carbocycles. The Labute approximate surface area is 267 Å². The van der Waals surface area contributed by atoms with Crippen LogP contribution in [0, 0.1) is 103 Å². The summed E-state index contributed by atoms with van der Waals surface area (Å²) in [6.45, 7) is 0. The number of nitrogens with zero attached hydrogens (tertiary/aromatic N) is 5. The predicted molar refractivity (Wildman–Crippen MR) is 136 cm³/mol. The number of hydrogen-bond acceptors (Lipinski definition) is 5. The lowest BCUT2D eigenvalue weighted by Gasteiger charge is -2.13. The molecule has 0 heterocycles. The number of hydrogen-bond donors (Lipinski definition) is 0. The van der Waals surface area contributed by atoms with Crippen LogP contribution in [0.25, 0.3) is 16.7 Å². The van der Waals surface area contributed by atoms with E-state index in [1.54, 1.807) is 0 Å². The third kappa shape index (κ3) is 5.63. The molecule has 0 spiro atoms. The second-order valence-electron chi connectivity index (χ2n) is 9.62. The number of allylic oxidation sites excluding steroid dienone is 6. The number of halogens is 14. The molecule has 4 rings (SSSR count). The summed E-state index contributed by atoms with van der Waals surface area (Å²) in [5.41, 5.74) is -22.4. The molecule has 0 unspecified atom stereocenters. The average molecular weight is 711 g/mol. The first-order valence-electron chi connectivity index (χ1n) is 12.5. The van der Waals surface area contributed by atoms with Gasteiger partial charge < -0.3 is 0 Å². The second kappa shape index (κ2) is 12.4. The van der Waals surface area contributed by atoms with E-state index in [0.717, 1.165) is 30.3 Å². The lowest BCUT2D eigenvalue weighted by molar-refractivity contribution is -0.143. The van der Waals surface area contributed by atoms with Gasteiger partial charge in [0.1, 0.15) is 41.5 Å². The largest absolute Gasteiger partial charge is 0.416 e. The van der Waals surface area contributed by atoms with E-state index in [9.17, 15) is 59.7 Å². The lowest BCUT2D eigenvalue weighted by Crippen LogP contribution is -2.11. The second-order valence-corrected chi connectivity index (χ2v) is 9.62. The number of alkyl halides is 6. The van der Waals surface area contributed by atoms with Crippen LogP contribution in [0.1, 0.15) is 38.9 Å². The van der Waals surface area contributed by atoms with E-state index in [1.165, 1.54) is 0 Å². The van der Waals surface area contributed by atoms with Crippen LogP contribution in [0.4, 0.5) is 61.5 Å². The summed E-state index contributed by atoms with van der Waals surface area (Å²) in [6.07, 6.45) is -11.1. The van der Waals surface area contributed by atoms with Crippen LogP contribution in [0.3, 0.4) is 0 Å². The van der Waals surface area contributed by atoms with E-state index >= 15 is 17.6 Å². The highest BCUT2D eigenvalue weighted by molar-refractivity contribution is 6.12. The van der Waals surface area contributed by atoms with Gasteiger partial charge in [0.25, 0.3) is 0 Å². The number of nitriles is 5. The normalized spacial score (nSPS) is 14.5. The highest BCUT2D eigenvalue weighted by Crippen LogP contribution is 2.57. The van der Waals surface area contributed by atoms with Gasteiger partial charge in [-0.3, -0.25) is 0 Å². The van der Waals surface area contributed by atoms with Crippen molar-refractivity contribution in [1.82, 2.24) is 0 Å². The van der Waals surface area contributed by atoms with Crippen molar-refractivity contribution in [2.75, 3.05) is 0 Å². The van der Waals surface area contributed by atoms with Gasteiger partial charge in [0.2, 0.25) is 0 Å². The van der Waals surface area contributed by atoms with Crippen LogP contribution in [0.5, 0.6) is 0 Å². The van der Waals surface area contributed by atoms with Gasteiger partial charge in [0.15, 0.2) is 46.5 Å². The van der Waals surface area contributed by atoms with Crippen molar-refractivity contribution in [3.8, 4) is 30.3 Å². The van der Waals surface area contributed by atoms with Crippen LogP contribution < -0.4 is 0 Å². The molecule has 5 nitrogen and oxygen atoms in total. The molecule has 0 N–H and O–H groups in total. The molecular formula is C31H3F14N5. The van der Waals surface area contributed by atoms with E-state index < -0.39 is 137 Å². The van der Waals surface area contributed by atoms with Crippen LogP contribution >= 0.6 is 0 Å². The Hall–Kier alpha value is -6.65. The number of benzene rings is 3. The summed E-state index contributed by atoms with van der Waals surface area (Å²) in [7, 11) is 0. The summed E-state index contributed by atoms with van der Waals surface area (Å²) in [4.78, 5) is 0. The van der Waals surface area contributed by atoms with Crippen molar-refractivity contribution in [2.24, 2.45) is 0 Å². The maximum atomic E-state index is 15.1. The lowest BCUT2D eigenvalue weighted by atomic mass is 9.97. The molecule has 0 atom stereocenters. The first-order valence-corrected chi connectivity index (χ1v) is 12.5. The minimum absolute atomic E-state index is 0.100. The van der Waals surface area contributed by atoms with Gasteiger partial charge in [0.05, 0.1) is 39.0 Å². The maximum Gasteiger partial charge on any atom is 0.416 e. The third-order valence-electron chi connectivity index (χ3n) is 6.90. The van der Waals surface area contributed by atoms with Gasteiger partial charge in [-0.25, -0.2) is 35.1 Å². The van der Waals surface area contributed by atoms with Crippen molar-refractivity contribution in [3.05, 3.63) is 120 Å². The third-order valence-corrected chi connectivity index (χ3v) is 6.90. The molecule has 0 aromatic heterocycles. The predicted octanol–water partition coefficient (Wildman–Crippen LogP) is 8.83. The summed E-state index contributed by atoms with van der Waals surface area (Å²) in [5.74, 6) is -19.9. The smallest absolute Gasteiger partial charge is 0.203 e. The summed E-state index contributed by atoms with van der Waals surface area (Å²) >= 11 is 0. The van der Waals surface area contributed by atoms with Crippen LogP contribution in [-0.4, -0.2) is 0 Å². The molecule has 1 fully saturated rings. The number of rotatable bonds is 3. The maximum absolute atomic E-state index is 15.1. The molecule has 19 heteroatoms. The Kier molecular flexibility index (Phi) is 8.99. The monoisotopic (exact) mass is 711 g/mol. The Bertz CT molecular complexity index is 2170. The molecule has 0 bridgehead atoms. The molecule has 1 aliphatic carbocycles. The highest BCUT2D eigenvalue weighted by Gasteiger charge is 2.46. The summed E-state index contributed by atoms with van der Waals surface area (Å²) in [6, 6.07) is 3.96. The summed E-state index contributed by atoms with van der Waals surface area (Å²) in [5, 5.41) is 47.3. The first-order chi connectivity index (χ1) is 23.2. The fourth-order valence-corrected chi connectivity index (χ4v) is 4.67. The molecule has 0 radical (unpaired) electrons. The minimum atomic E-state index is -5.56. The topological polar surface area (TPSA) is 119 Å². The van der Waals surface area contributed by atoms with E-state index in [1.807, 2.05) is 0 Å². The molecule has 0 aliphatic heterocycles. The summed E-state index contributed by atoms with van der Waals surface area (Å²) < 4.78 is 200. The van der Waals surface area contributed by atoms with Gasteiger partial charge in [-0.05, 0) is 23.8 Å². The van der Waals surface area contributed by atoms with E-state index in [0.29, 0.717) is 0 Å². The Morgan fingerprint density at radius 2 is 0.700 bits per heavy atom. The van der Waals surface area contributed by atoms with Crippen LogP contribution in [0.2, 0.25) is 0 Å². The highest BCUT2D eigenvalue weighted by atomic mass is 19.4. The fourth-order valence-electron chi connectivity index (χ4n) is 4.67. The molecular weight excluding hydrogens is 708 g/mol. The standard InChI is InChI=1S/C31H3F14N5/c32-22-15(7-49)23(33)27(37)20(26(22)36)13(5-47)18-17(12(4-46)9-1-10(30(40,41)42)3-11(2-9)31(43,44)45)19(18)14(6-48)21-28(38)24(34)16(8-50)25(35)29(21)39/h1-3H. The first kappa shape index (κ1) is 36.2. The quantitative estimate of drug-likeness (QED) is 0.153. The van der Waals surface area contributed by atoms with Crippen molar-refractivity contribution >= 4 is 16.7 Å². The van der Waals surface area contributed by atoms with Crippen molar-refractivity contribution < 1.29 is 61.5 Å². The molecule has 250 valence electrons. The van der Waals surface area contributed by atoms with Gasteiger partial charge in [0, 0.05) is 16.7 Å². The Balaban J connectivity index is 2.34. The van der Waals surface area contributed by atoms with Gasteiger partial charge in [-0.15, -0.1) is 0 Å². The average Bonchev–Trinajstić information content (AvgIpc) is 3.76. The zero-order valence-electron chi connectivity index (χ0n) is 23.3. The van der Waals surface area contributed by atoms with Gasteiger partial charge >= 0.3 is 12.4 Å². The molecule has 1 saturated carbocycles.